The van der Waals surface area contributed by atoms with Gasteiger partial charge in [0.2, 0.25) is 5.91 Å². The third-order valence-electron chi connectivity index (χ3n) is 6.20. The summed E-state index contributed by atoms with van der Waals surface area (Å²) >= 11 is 6.07. The number of rotatable bonds is 4. The van der Waals surface area contributed by atoms with Crippen LogP contribution in [0.1, 0.15) is 31.4 Å². The van der Waals surface area contributed by atoms with Crippen molar-refractivity contribution >= 4 is 34.4 Å². The quantitative estimate of drug-likeness (QED) is 0.565. The molecule has 0 spiro atoms. The number of hydrogen-bond donors (Lipinski definition) is 0. The Bertz CT molecular complexity index is 1270. The zero-order chi connectivity index (χ0) is 23.0. The number of halogens is 1. The molecule has 1 aliphatic heterocycles. The number of carbonyl (C=O) groups excluding carboxylic acids is 1. The minimum atomic E-state index is -0.574. The molecule has 3 heterocycles. The number of hydrogen-bond acceptors (Lipinski definition) is 5. The summed E-state index contributed by atoms with van der Waals surface area (Å²) in [4.78, 5) is 45.1. The van der Waals surface area contributed by atoms with Crippen molar-refractivity contribution in [2.75, 3.05) is 25.0 Å². The van der Waals surface area contributed by atoms with Gasteiger partial charge >= 0.3 is 11.1 Å². The lowest BCUT2D eigenvalue weighted by Crippen LogP contribution is -2.45. The number of anilines is 1. The van der Waals surface area contributed by atoms with Crippen LogP contribution in [0.5, 0.6) is 0 Å². The zero-order valence-electron chi connectivity index (χ0n) is 18.4. The second kappa shape index (κ2) is 8.78. The molecule has 0 N–H and O–H groups in total. The highest BCUT2D eigenvalue weighted by atomic mass is 35.5. The minimum absolute atomic E-state index is 0.0337. The summed E-state index contributed by atoms with van der Waals surface area (Å²) in [6, 6.07) is 9.76. The van der Waals surface area contributed by atoms with E-state index in [1.807, 2.05) is 12.1 Å². The summed E-state index contributed by atoms with van der Waals surface area (Å²) in [7, 11) is 3.35. The predicted molar refractivity (Wildman–Crippen MR) is 125 cm³/mol. The number of amides is 1. The highest BCUT2D eigenvalue weighted by molar-refractivity contribution is 6.31. The van der Waals surface area contributed by atoms with Crippen LogP contribution in [-0.2, 0) is 18.4 Å². The lowest BCUT2D eigenvalue weighted by Gasteiger charge is -2.34. The Morgan fingerprint density at radius 2 is 1.81 bits per heavy atom. The van der Waals surface area contributed by atoms with Gasteiger partial charge in [-0.25, -0.2) is 4.98 Å². The van der Waals surface area contributed by atoms with Crippen molar-refractivity contribution < 1.29 is 4.79 Å². The van der Waals surface area contributed by atoms with E-state index < -0.39 is 11.1 Å². The molecule has 0 aliphatic carbocycles. The molecule has 0 bridgehead atoms. The summed E-state index contributed by atoms with van der Waals surface area (Å²) in [6.07, 6.45) is 2.95. The van der Waals surface area contributed by atoms with Crippen LogP contribution >= 0.6 is 11.6 Å². The van der Waals surface area contributed by atoms with Crippen LogP contribution in [-0.4, -0.2) is 45.1 Å². The van der Waals surface area contributed by atoms with Gasteiger partial charge < -0.3 is 14.4 Å². The average Bonchev–Trinajstić information content (AvgIpc) is 2.79. The van der Waals surface area contributed by atoms with Crippen molar-refractivity contribution in [2.24, 2.45) is 7.05 Å². The first-order chi connectivity index (χ1) is 15.3. The molecule has 2 aromatic heterocycles. The first kappa shape index (κ1) is 22.1. The topological polar surface area (TPSA) is 80.4 Å². The number of fused-ring (bicyclic) bond motifs is 1. The van der Waals surface area contributed by atoms with E-state index in [0.29, 0.717) is 22.7 Å². The maximum Gasteiger partial charge on any atom is 0.318 e. The maximum atomic E-state index is 12.8. The molecule has 1 aliphatic rings. The number of nitrogens with zero attached hydrogens (tertiary/aromatic N) is 5. The van der Waals surface area contributed by atoms with Crippen LogP contribution in [0, 0.1) is 0 Å². The Kier molecular flexibility index (Phi) is 6.06. The van der Waals surface area contributed by atoms with Gasteiger partial charge in [0.25, 0.3) is 0 Å². The van der Waals surface area contributed by atoms with E-state index in [-0.39, 0.29) is 11.9 Å². The Morgan fingerprint density at radius 3 is 2.44 bits per heavy atom. The molecule has 1 aromatic carbocycles. The summed E-state index contributed by atoms with van der Waals surface area (Å²) < 4.78 is 2.86. The molecule has 32 heavy (non-hydrogen) atoms. The molecule has 4 rings (SSSR count). The van der Waals surface area contributed by atoms with Gasteiger partial charge in [-0.3, -0.25) is 19.0 Å². The van der Waals surface area contributed by atoms with Crippen LogP contribution in [0.2, 0.25) is 5.02 Å². The van der Waals surface area contributed by atoms with E-state index in [1.54, 1.807) is 36.6 Å². The van der Waals surface area contributed by atoms with E-state index >= 15 is 0 Å². The van der Waals surface area contributed by atoms with E-state index in [1.165, 1.54) is 10.8 Å². The molecule has 0 unspecified atom stereocenters. The van der Waals surface area contributed by atoms with Crippen molar-refractivity contribution in [3.8, 4) is 0 Å². The van der Waals surface area contributed by atoms with Gasteiger partial charge in [-0.15, -0.1) is 0 Å². The molecular weight excluding hydrogens is 430 g/mol. The number of pyridine rings is 1. The van der Waals surface area contributed by atoms with Gasteiger partial charge in [0, 0.05) is 58.6 Å². The van der Waals surface area contributed by atoms with Gasteiger partial charge in [-0.2, -0.15) is 0 Å². The van der Waals surface area contributed by atoms with Crippen molar-refractivity contribution in [1.82, 2.24) is 19.0 Å². The lowest BCUT2D eigenvalue weighted by atomic mass is 10.0. The summed E-state index contributed by atoms with van der Waals surface area (Å²) in [5.74, 6) is 0.0337. The van der Waals surface area contributed by atoms with Gasteiger partial charge in [0.1, 0.15) is 0 Å². The van der Waals surface area contributed by atoms with E-state index in [0.717, 1.165) is 37.2 Å². The van der Waals surface area contributed by atoms with E-state index in [9.17, 15) is 14.4 Å². The maximum absolute atomic E-state index is 12.8. The number of piperidine rings is 1. The molecule has 1 amide bonds. The Hall–Kier alpha value is -3.13. The molecule has 0 atom stereocenters. The second-order valence-electron chi connectivity index (χ2n) is 8.30. The molecule has 0 radical (unpaired) electrons. The van der Waals surface area contributed by atoms with E-state index in [4.69, 9.17) is 11.6 Å². The summed E-state index contributed by atoms with van der Waals surface area (Å²) in [6.45, 7) is 3.65. The fourth-order valence-electron chi connectivity index (χ4n) is 4.22. The van der Waals surface area contributed by atoms with Crippen LogP contribution in [0.15, 0.2) is 46.1 Å². The molecule has 168 valence electrons. The molecule has 8 nitrogen and oxygen atoms in total. The fourth-order valence-corrected chi connectivity index (χ4v) is 4.38. The normalized spacial score (nSPS) is 14.7. The van der Waals surface area contributed by atoms with E-state index in [2.05, 4.69) is 22.0 Å². The standard InChI is InChI=1S/C23H26ClN5O3/c1-15(30)26(2)14-16-4-6-18(7-5-16)28-10-8-19(9-11-28)29-21-20(12-17(24)13-25-21)27(3)22(31)23(29)32/h4-7,12-13,19H,8-11,14H2,1-3H3. The largest absolute Gasteiger partial charge is 0.371 e. The van der Waals surface area contributed by atoms with Crippen molar-refractivity contribution in [1.29, 1.82) is 0 Å². The Balaban J connectivity index is 1.53. The Labute approximate surface area is 190 Å². The van der Waals surface area contributed by atoms with Crippen molar-refractivity contribution in [2.45, 2.75) is 32.4 Å². The molecule has 3 aromatic rings. The van der Waals surface area contributed by atoms with Crippen LogP contribution in [0.25, 0.3) is 11.2 Å². The average molecular weight is 456 g/mol. The highest BCUT2D eigenvalue weighted by Gasteiger charge is 2.25. The lowest BCUT2D eigenvalue weighted by molar-refractivity contribution is -0.128. The second-order valence-corrected chi connectivity index (χ2v) is 8.73. The van der Waals surface area contributed by atoms with Crippen LogP contribution in [0.3, 0.4) is 0 Å². The third kappa shape index (κ3) is 4.14. The van der Waals surface area contributed by atoms with Gasteiger partial charge in [0.15, 0.2) is 5.65 Å². The van der Waals surface area contributed by atoms with Crippen LogP contribution < -0.4 is 16.0 Å². The monoisotopic (exact) mass is 455 g/mol. The number of aryl methyl sites for hydroxylation is 1. The summed E-state index contributed by atoms with van der Waals surface area (Å²) in [5, 5.41) is 0.422. The van der Waals surface area contributed by atoms with Gasteiger partial charge in [0.05, 0.1) is 10.5 Å². The number of aromatic nitrogens is 3. The predicted octanol–water partition coefficient (Wildman–Crippen LogP) is 2.57. The summed E-state index contributed by atoms with van der Waals surface area (Å²) in [5.41, 5.74) is 2.09. The first-order valence-corrected chi connectivity index (χ1v) is 11.0. The fraction of sp³-hybridized carbons (Fsp3) is 0.391. The molecule has 1 saturated heterocycles. The molecule has 0 saturated carbocycles. The number of carbonyl (C=O) groups is 1. The molecular formula is C23H26ClN5O3. The highest BCUT2D eigenvalue weighted by Crippen LogP contribution is 2.28. The minimum Gasteiger partial charge on any atom is -0.371 e. The first-order valence-electron chi connectivity index (χ1n) is 10.6. The SMILES string of the molecule is CC(=O)N(C)Cc1ccc(N2CCC(n3c(=O)c(=O)n(C)c4cc(Cl)cnc43)CC2)cc1. The molecule has 1 fully saturated rings. The third-order valence-corrected chi connectivity index (χ3v) is 6.40. The van der Waals surface area contributed by atoms with Crippen molar-refractivity contribution in [3.63, 3.8) is 0 Å². The van der Waals surface area contributed by atoms with Gasteiger partial charge in [-0.1, -0.05) is 23.7 Å². The van der Waals surface area contributed by atoms with Gasteiger partial charge in [-0.05, 0) is 36.6 Å². The molecule has 9 heteroatoms. The van der Waals surface area contributed by atoms with Crippen molar-refractivity contribution in [3.05, 3.63) is 67.8 Å². The Morgan fingerprint density at radius 1 is 1.16 bits per heavy atom. The smallest absolute Gasteiger partial charge is 0.318 e. The zero-order valence-corrected chi connectivity index (χ0v) is 19.2. The number of benzene rings is 1. The van der Waals surface area contributed by atoms with Crippen LogP contribution in [0.4, 0.5) is 5.69 Å².